The number of hydrogen-bond acceptors (Lipinski definition) is 8. The lowest BCUT2D eigenvalue weighted by atomic mass is 9.82. The van der Waals surface area contributed by atoms with Crippen LogP contribution in [0.15, 0.2) is 121 Å². The summed E-state index contributed by atoms with van der Waals surface area (Å²) in [6, 6.07) is 32.2. The van der Waals surface area contributed by atoms with Crippen LogP contribution in [0.2, 0.25) is 0 Å². The van der Waals surface area contributed by atoms with Crippen molar-refractivity contribution >= 4 is 0 Å². The van der Waals surface area contributed by atoms with Crippen LogP contribution in [0.5, 0.6) is 46.0 Å². The molecule has 6 aromatic carbocycles. The smallest absolute Gasteiger partial charge is 0.123 e. The van der Waals surface area contributed by atoms with Gasteiger partial charge in [-0.25, -0.2) is 0 Å². The van der Waals surface area contributed by atoms with Crippen molar-refractivity contribution in [3.8, 4) is 57.1 Å². The fraction of sp³-hybridized carbons (Fsp3) is 0.0526. The summed E-state index contributed by atoms with van der Waals surface area (Å²) in [7, 11) is 0. The Morgan fingerprint density at radius 1 is 0.283 bits per heavy atom. The molecule has 0 aliphatic heterocycles. The zero-order valence-electron chi connectivity index (χ0n) is 24.3. The summed E-state index contributed by atoms with van der Waals surface area (Å²) >= 11 is 0. The Morgan fingerprint density at radius 3 is 0.739 bits per heavy atom. The highest BCUT2D eigenvalue weighted by atomic mass is 16.3. The number of benzene rings is 6. The number of aromatic hydroxyl groups is 8. The maximum Gasteiger partial charge on any atom is 0.123 e. The molecule has 0 bridgehead atoms. The molecule has 0 aromatic heterocycles. The molecule has 0 unspecified atom stereocenters. The molecule has 6 aromatic rings. The standard InChI is InChI=1S/C38H30O8/c39-25-9-13-29(33(43)17-25)37(30-14-10-26(40)18-34(30)44)23-5-1-21(2-6-23)22-3-7-24(8-4-22)38(31-15-11-27(41)19-35(31)45)32-16-12-28(42)20-36(32)46/h1-20,37-46H. The minimum absolute atomic E-state index is 0.0998. The van der Waals surface area contributed by atoms with Crippen LogP contribution in [0, 0.1) is 0 Å². The Hall–Kier alpha value is -6.28. The second-order valence-electron chi connectivity index (χ2n) is 11.1. The molecule has 0 saturated carbocycles. The lowest BCUT2D eigenvalue weighted by Crippen LogP contribution is -2.05. The van der Waals surface area contributed by atoms with Gasteiger partial charge in [-0.1, -0.05) is 72.8 Å². The van der Waals surface area contributed by atoms with Gasteiger partial charge in [-0.2, -0.15) is 0 Å². The van der Waals surface area contributed by atoms with E-state index in [1.165, 1.54) is 48.5 Å². The summed E-state index contributed by atoms with van der Waals surface area (Å²) in [6.07, 6.45) is 0. The highest BCUT2D eigenvalue weighted by Crippen LogP contribution is 2.44. The Bertz CT molecular complexity index is 1780. The molecular formula is C38H30O8. The third-order valence-electron chi connectivity index (χ3n) is 8.12. The van der Waals surface area contributed by atoms with Gasteiger partial charge in [-0.3, -0.25) is 0 Å². The molecule has 8 N–H and O–H groups in total. The van der Waals surface area contributed by atoms with Gasteiger partial charge >= 0.3 is 0 Å². The molecule has 230 valence electrons. The molecule has 0 saturated heterocycles. The van der Waals surface area contributed by atoms with Gasteiger partial charge in [-0.15, -0.1) is 0 Å². The van der Waals surface area contributed by atoms with E-state index in [1.807, 2.05) is 48.5 Å². The maximum absolute atomic E-state index is 10.7. The fourth-order valence-corrected chi connectivity index (χ4v) is 5.89. The molecule has 0 aliphatic carbocycles. The normalized spacial score (nSPS) is 11.3. The first-order valence-electron chi connectivity index (χ1n) is 14.4. The zero-order valence-corrected chi connectivity index (χ0v) is 24.3. The lowest BCUT2D eigenvalue weighted by Gasteiger charge is -2.22. The highest BCUT2D eigenvalue weighted by molar-refractivity contribution is 5.66. The van der Waals surface area contributed by atoms with Crippen LogP contribution in [0.4, 0.5) is 0 Å². The molecule has 8 heteroatoms. The Kier molecular flexibility index (Phi) is 7.78. The van der Waals surface area contributed by atoms with Crippen molar-refractivity contribution in [3.05, 3.63) is 155 Å². The van der Waals surface area contributed by atoms with Gasteiger partial charge in [0.1, 0.15) is 46.0 Å². The summed E-state index contributed by atoms with van der Waals surface area (Å²) in [6.45, 7) is 0. The van der Waals surface area contributed by atoms with Crippen LogP contribution in [-0.4, -0.2) is 40.9 Å². The van der Waals surface area contributed by atoms with Gasteiger partial charge in [0.25, 0.3) is 0 Å². The van der Waals surface area contributed by atoms with E-state index >= 15 is 0 Å². The molecule has 0 fully saturated rings. The molecule has 0 aliphatic rings. The SMILES string of the molecule is Oc1ccc(C(c2ccc(-c3ccc(C(c4ccc(O)cc4O)c4ccc(O)cc4O)cc3)cc2)c2ccc(O)cc2O)c(O)c1. The summed E-state index contributed by atoms with van der Waals surface area (Å²) < 4.78 is 0. The van der Waals surface area contributed by atoms with E-state index in [0.717, 1.165) is 22.3 Å². The Balaban J connectivity index is 1.37. The van der Waals surface area contributed by atoms with E-state index < -0.39 is 11.8 Å². The van der Waals surface area contributed by atoms with Crippen molar-refractivity contribution in [1.82, 2.24) is 0 Å². The zero-order chi connectivity index (χ0) is 32.5. The molecule has 0 spiro atoms. The molecular weight excluding hydrogens is 584 g/mol. The number of rotatable bonds is 7. The van der Waals surface area contributed by atoms with E-state index in [2.05, 4.69) is 0 Å². The first-order valence-corrected chi connectivity index (χ1v) is 14.4. The predicted octanol–water partition coefficient (Wildman–Crippen LogP) is 7.36. The van der Waals surface area contributed by atoms with Crippen LogP contribution in [0.3, 0.4) is 0 Å². The van der Waals surface area contributed by atoms with Crippen molar-refractivity contribution in [2.75, 3.05) is 0 Å². The Labute approximate surface area is 264 Å². The first kappa shape index (κ1) is 29.8. The van der Waals surface area contributed by atoms with Crippen molar-refractivity contribution in [3.63, 3.8) is 0 Å². The van der Waals surface area contributed by atoms with Crippen molar-refractivity contribution in [2.24, 2.45) is 0 Å². The van der Waals surface area contributed by atoms with Crippen molar-refractivity contribution in [1.29, 1.82) is 0 Å². The van der Waals surface area contributed by atoms with E-state index in [1.54, 1.807) is 24.3 Å². The Morgan fingerprint density at radius 2 is 0.522 bits per heavy atom. The van der Waals surface area contributed by atoms with Crippen LogP contribution < -0.4 is 0 Å². The topological polar surface area (TPSA) is 162 Å². The maximum atomic E-state index is 10.7. The van der Waals surface area contributed by atoms with E-state index in [-0.39, 0.29) is 46.0 Å². The van der Waals surface area contributed by atoms with Crippen LogP contribution in [-0.2, 0) is 0 Å². The van der Waals surface area contributed by atoms with E-state index in [4.69, 9.17) is 0 Å². The quantitative estimate of drug-likeness (QED) is 0.0865. The molecule has 6 rings (SSSR count). The fourth-order valence-electron chi connectivity index (χ4n) is 5.89. The minimum Gasteiger partial charge on any atom is -0.508 e. The monoisotopic (exact) mass is 614 g/mol. The third kappa shape index (κ3) is 5.79. The molecule has 0 radical (unpaired) electrons. The molecule has 0 heterocycles. The van der Waals surface area contributed by atoms with E-state index in [0.29, 0.717) is 22.3 Å². The first-order chi connectivity index (χ1) is 22.1. The van der Waals surface area contributed by atoms with Gasteiger partial charge in [0.2, 0.25) is 0 Å². The largest absolute Gasteiger partial charge is 0.508 e. The van der Waals surface area contributed by atoms with Gasteiger partial charge in [-0.05, 0) is 46.5 Å². The highest BCUT2D eigenvalue weighted by Gasteiger charge is 2.25. The van der Waals surface area contributed by atoms with Crippen LogP contribution >= 0.6 is 0 Å². The van der Waals surface area contributed by atoms with Gasteiger partial charge in [0.05, 0.1) is 0 Å². The average molecular weight is 615 g/mol. The van der Waals surface area contributed by atoms with Crippen LogP contribution in [0.25, 0.3) is 11.1 Å². The van der Waals surface area contributed by atoms with Gasteiger partial charge in [0, 0.05) is 58.4 Å². The number of hydrogen-bond donors (Lipinski definition) is 8. The number of phenolic OH excluding ortho intramolecular Hbond substituents is 8. The molecule has 46 heavy (non-hydrogen) atoms. The van der Waals surface area contributed by atoms with E-state index in [9.17, 15) is 40.9 Å². The summed E-state index contributed by atoms with van der Waals surface area (Å²) in [5, 5.41) is 82.3. The second-order valence-corrected chi connectivity index (χ2v) is 11.1. The van der Waals surface area contributed by atoms with Crippen molar-refractivity contribution < 1.29 is 40.9 Å². The molecule has 8 nitrogen and oxygen atoms in total. The molecule has 0 amide bonds. The van der Waals surface area contributed by atoms with Gasteiger partial charge in [0.15, 0.2) is 0 Å². The van der Waals surface area contributed by atoms with Crippen molar-refractivity contribution in [2.45, 2.75) is 11.8 Å². The predicted molar refractivity (Wildman–Crippen MR) is 173 cm³/mol. The average Bonchev–Trinajstić information content (AvgIpc) is 3.02. The summed E-state index contributed by atoms with van der Waals surface area (Å²) in [5.41, 5.74) is 5.05. The van der Waals surface area contributed by atoms with Gasteiger partial charge < -0.3 is 40.9 Å². The summed E-state index contributed by atoms with van der Waals surface area (Å²) in [5.74, 6) is -2.22. The number of phenols is 8. The third-order valence-corrected chi connectivity index (χ3v) is 8.12. The lowest BCUT2D eigenvalue weighted by molar-refractivity contribution is 0.438. The minimum atomic E-state index is -0.616. The molecule has 0 atom stereocenters. The summed E-state index contributed by atoms with van der Waals surface area (Å²) in [4.78, 5) is 0. The van der Waals surface area contributed by atoms with Crippen LogP contribution in [0.1, 0.15) is 45.2 Å². The second kappa shape index (κ2) is 12.0.